The highest BCUT2D eigenvalue weighted by Crippen LogP contribution is 2.30. The zero-order valence-electron chi connectivity index (χ0n) is 24.3. The number of halogens is 6. The standard InChI is InChI=1S/C18H26F3N5O.C10H12F3N3/c1-13(2)26-6-5-22-15(12-26)17(27)25-9-7-24(8-10-25)16-4-3-14(11-23-16)18(19,20)21;11-10(12,13)8-1-2-9(15-7-8)16-5-3-14-4-6-16/h3-4,11,13,15,22H,5-10,12H2,1-2H3;1-2,7,14H,3-6H2/t15-;/m1./s1. The molecule has 0 aromatic carbocycles. The molecular formula is C28H38F6N8O. The summed E-state index contributed by atoms with van der Waals surface area (Å²) < 4.78 is 74.8. The van der Waals surface area contributed by atoms with Crippen LogP contribution in [0.25, 0.3) is 0 Å². The van der Waals surface area contributed by atoms with Gasteiger partial charge in [-0.15, -0.1) is 0 Å². The van der Waals surface area contributed by atoms with Crippen molar-refractivity contribution in [2.75, 3.05) is 81.8 Å². The Morgan fingerprint density at radius 1 is 0.767 bits per heavy atom. The maximum Gasteiger partial charge on any atom is 0.417 e. The minimum atomic E-state index is -4.38. The minimum Gasteiger partial charge on any atom is -0.354 e. The van der Waals surface area contributed by atoms with E-state index in [1.807, 2.05) is 14.7 Å². The molecule has 5 heterocycles. The van der Waals surface area contributed by atoms with Gasteiger partial charge >= 0.3 is 12.4 Å². The summed E-state index contributed by atoms with van der Waals surface area (Å²) in [6, 6.07) is 5.15. The van der Waals surface area contributed by atoms with Gasteiger partial charge in [-0.05, 0) is 38.1 Å². The van der Waals surface area contributed by atoms with E-state index in [4.69, 9.17) is 0 Å². The van der Waals surface area contributed by atoms with Crippen molar-refractivity contribution in [3.05, 3.63) is 47.8 Å². The fourth-order valence-corrected chi connectivity index (χ4v) is 5.16. The number of nitrogens with one attached hydrogen (secondary N) is 2. The van der Waals surface area contributed by atoms with Gasteiger partial charge in [0.1, 0.15) is 11.6 Å². The summed E-state index contributed by atoms with van der Waals surface area (Å²) in [7, 11) is 0. The molecule has 0 radical (unpaired) electrons. The number of alkyl halides is 6. The van der Waals surface area contributed by atoms with E-state index in [0.29, 0.717) is 50.4 Å². The van der Waals surface area contributed by atoms with Crippen molar-refractivity contribution >= 4 is 17.5 Å². The number of aromatic nitrogens is 2. The molecule has 1 amide bonds. The van der Waals surface area contributed by atoms with Crippen LogP contribution in [0.4, 0.5) is 38.0 Å². The SMILES string of the molecule is CC(C)N1CCN[C@@H](C(=O)N2CCN(c3ccc(C(F)(F)F)cn3)CC2)C1.FC(F)(F)c1ccc(N2CCNCC2)nc1. The quantitative estimate of drug-likeness (QED) is 0.508. The Morgan fingerprint density at radius 3 is 1.72 bits per heavy atom. The zero-order chi connectivity index (χ0) is 31.2. The molecule has 0 aliphatic carbocycles. The van der Waals surface area contributed by atoms with Crippen molar-refractivity contribution in [1.29, 1.82) is 0 Å². The van der Waals surface area contributed by atoms with Gasteiger partial charge < -0.3 is 25.3 Å². The molecule has 9 nitrogen and oxygen atoms in total. The third-order valence-corrected chi connectivity index (χ3v) is 7.74. The van der Waals surface area contributed by atoms with Crippen LogP contribution in [0, 0.1) is 0 Å². The lowest BCUT2D eigenvalue weighted by Gasteiger charge is -2.40. The molecule has 3 saturated heterocycles. The van der Waals surface area contributed by atoms with Gasteiger partial charge in [0, 0.05) is 90.4 Å². The van der Waals surface area contributed by atoms with Crippen molar-refractivity contribution < 1.29 is 31.1 Å². The highest BCUT2D eigenvalue weighted by Gasteiger charge is 2.33. The lowest BCUT2D eigenvalue weighted by atomic mass is 10.1. The number of amides is 1. The smallest absolute Gasteiger partial charge is 0.354 e. The fraction of sp³-hybridized carbons (Fsp3) is 0.607. The number of carbonyl (C=O) groups is 1. The van der Waals surface area contributed by atoms with Gasteiger partial charge in [0.15, 0.2) is 0 Å². The third kappa shape index (κ3) is 8.92. The average molecular weight is 617 g/mol. The molecule has 0 unspecified atom stereocenters. The second-order valence-corrected chi connectivity index (χ2v) is 11.0. The Hall–Kier alpha value is -3.17. The van der Waals surface area contributed by atoms with Crippen LogP contribution in [0.5, 0.6) is 0 Å². The molecule has 0 bridgehead atoms. The molecule has 43 heavy (non-hydrogen) atoms. The summed E-state index contributed by atoms with van der Waals surface area (Å²) in [5.74, 6) is 1.21. The van der Waals surface area contributed by atoms with E-state index in [2.05, 4.69) is 39.3 Å². The van der Waals surface area contributed by atoms with Crippen molar-refractivity contribution in [2.24, 2.45) is 0 Å². The van der Waals surface area contributed by atoms with E-state index in [-0.39, 0.29) is 11.9 Å². The van der Waals surface area contributed by atoms with Crippen LogP contribution in [0.1, 0.15) is 25.0 Å². The Bertz CT molecular complexity index is 1160. The lowest BCUT2D eigenvalue weighted by molar-refractivity contribution is -0.138. The first kappa shape index (κ1) is 32.7. The number of rotatable bonds is 4. The van der Waals surface area contributed by atoms with E-state index >= 15 is 0 Å². The van der Waals surface area contributed by atoms with Crippen LogP contribution >= 0.6 is 0 Å². The minimum absolute atomic E-state index is 0.0976. The molecule has 2 aromatic rings. The zero-order valence-corrected chi connectivity index (χ0v) is 24.3. The highest BCUT2D eigenvalue weighted by atomic mass is 19.4. The largest absolute Gasteiger partial charge is 0.417 e. The van der Waals surface area contributed by atoms with Gasteiger partial charge in [0.25, 0.3) is 0 Å². The monoisotopic (exact) mass is 616 g/mol. The summed E-state index contributed by atoms with van der Waals surface area (Å²) in [6.45, 7) is 12.1. The molecule has 1 atom stereocenters. The first-order valence-electron chi connectivity index (χ1n) is 14.4. The number of nitrogens with zero attached hydrogens (tertiary/aromatic N) is 6. The summed E-state index contributed by atoms with van der Waals surface area (Å²) in [5, 5.41) is 6.47. The second kappa shape index (κ2) is 14.1. The van der Waals surface area contributed by atoms with Gasteiger partial charge in [0.05, 0.1) is 17.2 Å². The van der Waals surface area contributed by atoms with E-state index in [0.717, 1.165) is 63.8 Å². The molecule has 5 rings (SSSR count). The van der Waals surface area contributed by atoms with E-state index < -0.39 is 23.5 Å². The Balaban J connectivity index is 0.000000225. The highest BCUT2D eigenvalue weighted by molar-refractivity contribution is 5.82. The molecule has 3 aliphatic rings. The second-order valence-electron chi connectivity index (χ2n) is 11.0. The number of hydrogen-bond donors (Lipinski definition) is 2. The first-order chi connectivity index (χ1) is 20.3. The summed E-state index contributed by atoms with van der Waals surface area (Å²) in [6.07, 6.45) is -6.95. The summed E-state index contributed by atoms with van der Waals surface area (Å²) in [4.78, 5) is 28.6. The molecule has 238 valence electrons. The average Bonchev–Trinajstić information content (AvgIpc) is 3.01. The first-order valence-corrected chi connectivity index (χ1v) is 14.4. The van der Waals surface area contributed by atoms with Gasteiger partial charge in [-0.3, -0.25) is 9.69 Å². The third-order valence-electron chi connectivity index (χ3n) is 7.74. The topological polar surface area (TPSA) is 79.9 Å². The maximum atomic E-state index is 12.8. The van der Waals surface area contributed by atoms with Crippen molar-refractivity contribution in [3.8, 4) is 0 Å². The number of pyridine rings is 2. The molecular weight excluding hydrogens is 578 g/mol. The van der Waals surface area contributed by atoms with Crippen LogP contribution in [0.3, 0.4) is 0 Å². The van der Waals surface area contributed by atoms with Crippen molar-refractivity contribution in [2.45, 2.75) is 38.3 Å². The van der Waals surface area contributed by atoms with Crippen LogP contribution in [0.15, 0.2) is 36.7 Å². The molecule has 3 fully saturated rings. The normalized spacial score (nSPS) is 20.6. The van der Waals surface area contributed by atoms with Gasteiger partial charge in [-0.2, -0.15) is 26.3 Å². The van der Waals surface area contributed by atoms with Crippen LogP contribution < -0.4 is 20.4 Å². The Labute approximate surface area is 247 Å². The number of anilines is 2. The van der Waals surface area contributed by atoms with Gasteiger partial charge in [-0.25, -0.2) is 9.97 Å². The number of carbonyl (C=O) groups excluding carboxylic acids is 1. The molecule has 0 spiro atoms. The molecule has 2 aromatic heterocycles. The predicted octanol–water partition coefficient (Wildman–Crippen LogP) is 2.94. The lowest BCUT2D eigenvalue weighted by Crippen LogP contribution is -2.61. The summed E-state index contributed by atoms with van der Waals surface area (Å²) >= 11 is 0. The van der Waals surface area contributed by atoms with Crippen LogP contribution in [0.2, 0.25) is 0 Å². The number of hydrogen-bond acceptors (Lipinski definition) is 8. The molecule has 3 aliphatic heterocycles. The van der Waals surface area contributed by atoms with Crippen LogP contribution in [-0.4, -0.2) is 110 Å². The van der Waals surface area contributed by atoms with Gasteiger partial charge in [0.2, 0.25) is 5.91 Å². The molecule has 0 saturated carbocycles. The van der Waals surface area contributed by atoms with Crippen molar-refractivity contribution in [1.82, 2.24) is 30.4 Å². The van der Waals surface area contributed by atoms with E-state index in [1.54, 1.807) is 0 Å². The van der Waals surface area contributed by atoms with Crippen LogP contribution in [-0.2, 0) is 17.1 Å². The Kier molecular flexibility index (Phi) is 10.7. The summed E-state index contributed by atoms with van der Waals surface area (Å²) in [5.41, 5.74) is -1.45. The molecule has 2 N–H and O–H groups in total. The molecule has 15 heteroatoms. The van der Waals surface area contributed by atoms with E-state index in [9.17, 15) is 31.1 Å². The number of piperazine rings is 3. The Morgan fingerprint density at radius 2 is 1.28 bits per heavy atom. The maximum absolute atomic E-state index is 12.8. The van der Waals surface area contributed by atoms with Gasteiger partial charge in [-0.1, -0.05) is 0 Å². The van der Waals surface area contributed by atoms with E-state index in [1.165, 1.54) is 12.1 Å². The fourth-order valence-electron chi connectivity index (χ4n) is 5.16. The van der Waals surface area contributed by atoms with Crippen molar-refractivity contribution in [3.63, 3.8) is 0 Å². The predicted molar refractivity (Wildman–Crippen MR) is 151 cm³/mol.